The van der Waals surface area contributed by atoms with E-state index in [4.69, 9.17) is 11.0 Å². The molecule has 0 saturated heterocycles. The average Bonchev–Trinajstić information content (AvgIpc) is 2.45. The number of rotatable bonds is 3. The van der Waals surface area contributed by atoms with Crippen molar-refractivity contribution in [2.75, 3.05) is 11.1 Å². The summed E-state index contributed by atoms with van der Waals surface area (Å²) < 4.78 is 0.796. The molecule has 5 nitrogen and oxygen atoms in total. The van der Waals surface area contributed by atoms with Crippen LogP contribution in [0.5, 0.6) is 0 Å². The van der Waals surface area contributed by atoms with Gasteiger partial charge in [-0.05, 0) is 41.1 Å². The Balaban J connectivity index is 2.42. The molecular weight excluding hydrogens is 330 g/mol. The Labute approximate surface area is 132 Å². The van der Waals surface area contributed by atoms with Crippen molar-refractivity contribution in [1.29, 1.82) is 5.26 Å². The third-order valence-electron chi connectivity index (χ3n) is 3.07. The van der Waals surface area contributed by atoms with Crippen molar-refractivity contribution < 1.29 is 0 Å². The molecule has 1 aromatic carbocycles. The van der Waals surface area contributed by atoms with E-state index in [0.717, 1.165) is 15.7 Å². The first-order valence-electron chi connectivity index (χ1n) is 6.53. The number of nitrogen functional groups attached to an aromatic ring is 1. The third kappa shape index (κ3) is 3.31. The molecule has 0 bridgehead atoms. The number of nitrogens with zero attached hydrogens (tertiary/aromatic N) is 3. The molecule has 2 rings (SSSR count). The van der Waals surface area contributed by atoms with Crippen molar-refractivity contribution >= 4 is 33.3 Å². The zero-order valence-corrected chi connectivity index (χ0v) is 13.7. The van der Waals surface area contributed by atoms with Gasteiger partial charge in [0.2, 0.25) is 0 Å². The Morgan fingerprint density at radius 2 is 2.05 bits per heavy atom. The minimum atomic E-state index is 0.192. The molecule has 0 spiro atoms. The molecule has 1 heterocycles. The van der Waals surface area contributed by atoms with Crippen LogP contribution < -0.4 is 11.1 Å². The lowest BCUT2D eigenvalue weighted by Crippen LogP contribution is -2.08. The molecule has 21 heavy (non-hydrogen) atoms. The van der Waals surface area contributed by atoms with Gasteiger partial charge >= 0.3 is 0 Å². The maximum Gasteiger partial charge on any atom is 0.139 e. The van der Waals surface area contributed by atoms with Crippen LogP contribution in [0.15, 0.2) is 22.7 Å². The summed E-state index contributed by atoms with van der Waals surface area (Å²) in [6.07, 6.45) is 0. The minimum absolute atomic E-state index is 0.192. The lowest BCUT2D eigenvalue weighted by atomic mass is 10.2. The number of aromatic nitrogens is 2. The highest BCUT2D eigenvalue weighted by atomic mass is 79.9. The first-order valence-corrected chi connectivity index (χ1v) is 7.32. The highest BCUT2D eigenvalue weighted by Crippen LogP contribution is 2.29. The van der Waals surface area contributed by atoms with Gasteiger partial charge in [-0.2, -0.15) is 5.26 Å². The summed E-state index contributed by atoms with van der Waals surface area (Å²) in [7, 11) is 0. The van der Waals surface area contributed by atoms with Gasteiger partial charge in [-0.15, -0.1) is 0 Å². The fourth-order valence-electron chi connectivity index (χ4n) is 1.75. The van der Waals surface area contributed by atoms with Gasteiger partial charge < -0.3 is 11.1 Å². The molecule has 0 aliphatic carbocycles. The SMILES string of the molecule is Cc1c(N)nc(C(C)C)nc1Nc1ccc(C#N)cc1Br. The summed E-state index contributed by atoms with van der Waals surface area (Å²) in [6.45, 7) is 5.91. The Morgan fingerprint density at radius 3 is 2.62 bits per heavy atom. The van der Waals surface area contributed by atoms with Gasteiger partial charge in [-0.3, -0.25) is 0 Å². The first-order chi connectivity index (χ1) is 9.92. The largest absolute Gasteiger partial charge is 0.383 e. The fraction of sp³-hybridized carbons (Fsp3) is 0.267. The molecule has 3 N–H and O–H groups in total. The lowest BCUT2D eigenvalue weighted by molar-refractivity contribution is 0.776. The van der Waals surface area contributed by atoms with E-state index >= 15 is 0 Å². The van der Waals surface area contributed by atoms with Crippen LogP contribution in [-0.4, -0.2) is 9.97 Å². The van der Waals surface area contributed by atoms with Gasteiger partial charge in [0.05, 0.1) is 17.3 Å². The second-order valence-corrected chi connectivity index (χ2v) is 5.88. The van der Waals surface area contributed by atoms with Crippen LogP contribution in [-0.2, 0) is 0 Å². The van der Waals surface area contributed by atoms with Crippen LogP contribution in [0.25, 0.3) is 0 Å². The van der Waals surface area contributed by atoms with Crippen LogP contribution >= 0.6 is 15.9 Å². The van der Waals surface area contributed by atoms with E-state index in [9.17, 15) is 0 Å². The monoisotopic (exact) mass is 345 g/mol. The molecule has 2 aromatic rings. The van der Waals surface area contributed by atoms with Gasteiger partial charge in [0.15, 0.2) is 0 Å². The molecule has 0 fully saturated rings. The molecular formula is C15H16BrN5. The smallest absolute Gasteiger partial charge is 0.139 e. The fourth-order valence-corrected chi connectivity index (χ4v) is 2.22. The normalized spacial score (nSPS) is 10.5. The molecule has 0 amide bonds. The minimum Gasteiger partial charge on any atom is -0.383 e. The van der Waals surface area contributed by atoms with Gasteiger partial charge in [-0.25, -0.2) is 9.97 Å². The zero-order chi connectivity index (χ0) is 15.6. The van der Waals surface area contributed by atoms with E-state index in [1.807, 2.05) is 26.8 Å². The van der Waals surface area contributed by atoms with Crippen LogP contribution in [0.1, 0.15) is 36.7 Å². The molecule has 0 saturated carbocycles. The molecule has 108 valence electrons. The lowest BCUT2D eigenvalue weighted by Gasteiger charge is -2.14. The van der Waals surface area contributed by atoms with Crippen molar-refractivity contribution in [3.05, 3.63) is 39.6 Å². The first kappa shape index (κ1) is 15.3. The highest BCUT2D eigenvalue weighted by molar-refractivity contribution is 9.10. The summed E-state index contributed by atoms with van der Waals surface area (Å²) in [6, 6.07) is 7.43. The van der Waals surface area contributed by atoms with Crippen molar-refractivity contribution in [3.8, 4) is 6.07 Å². The third-order valence-corrected chi connectivity index (χ3v) is 3.72. The van der Waals surface area contributed by atoms with Gasteiger partial charge in [-0.1, -0.05) is 13.8 Å². The van der Waals surface area contributed by atoms with Crippen LogP contribution in [0.4, 0.5) is 17.3 Å². The number of hydrogen-bond donors (Lipinski definition) is 2. The second kappa shape index (κ2) is 6.10. The van der Waals surface area contributed by atoms with Crippen molar-refractivity contribution in [2.24, 2.45) is 0 Å². The van der Waals surface area contributed by atoms with E-state index in [1.54, 1.807) is 12.1 Å². The van der Waals surface area contributed by atoms with Crippen molar-refractivity contribution in [2.45, 2.75) is 26.7 Å². The van der Waals surface area contributed by atoms with E-state index in [2.05, 4.69) is 37.3 Å². The molecule has 0 atom stereocenters. The average molecular weight is 346 g/mol. The summed E-state index contributed by atoms with van der Waals surface area (Å²) in [4.78, 5) is 8.82. The highest BCUT2D eigenvalue weighted by Gasteiger charge is 2.12. The Bertz CT molecular complexity index is 719. The van der Waals surface area contributed by atoms with E-state index in [1.165, 1.54) is 0 Å². The van der Waals surface area contributed by atoms with Gasteiger partial charge in [0.1, 0.15) is 17.5 Å². The van der Waals surface area contributed by atoms with E-state index in [-0.39, 0.29) is 5.92 Å². The van der Waals surface area contributed by atoms with Crippen LogP contribution in [0, 0.1) is 18.3 Å². The predicted octanol–water partition coefficient (Wildman–Crippen LogP) is 3.87. The maximum absolute atomic E-state index is 8.89. The van der Waals surface area contributed by atoms with Crippen LogP contribution in [0.3, 0.4) is 0 Å². The number of benzene rings is 1. The number of anilines is 3. The number of halogens is 1. The molecule has 0 aliphatic rings. The maximum atomic E-state index is 8.89. The Kier molecular flexibility index (Phi) is 4.43. The van der Waals surface area contributed by atoms with E-state index < -0.39 is 0 Å². The number of nitrogens with two attached hydrogens (primary N) is 1. The van der Waals surface area contributed by atoms with Crippen molar-refractivity contribution in [1.82, 2.24) is 9.97 Å². The summed E-state index contributed by atoms with van der Waals surface area (Å²) in [5.74, 6) is 2.04. The topological polar surface area (TPSA) is 87.6 Å². The summed E-state index contributed by atoms with van der Waals surface area (Å²) in [5, 5.41) is 12.1. The summed E-state index contributed by atoms with van der Waals surface area (Å²) >= 11 is 3.45. The summed E-state index contributed by atoms with van der Waals surface area (Å²) in [5.41, 5.74) is 8.17. The Hall–Kier alpha value is -2.13. The van der Waals surface area contributed by atoms with E-state index in [0.29, 0.717) is 23.0 Å². The number of hydrogen-bond acceptors (Lipinski definition) is 5. The quantitative estimate of drug-likeness (QED) is 0.881. The Morgan fingerprint density at radius 1 is 1.33 bits per heavy atom. The zero-order valence-electron chi connectivity index (χ0n) is 12.1. The van der Waals surface area contributed by atoms with Crippen LogP contribution in [0.2, 0.25) is 0 Å². The second-order valence-electron chi connectivity index (χ2n) is 5.03. The number of nitrogens with one attached hydrogen (secondary N) is 1. The molecule has 0 radical (unpaired) electrons. The molecule has 0 aliphatic heterocycles. The van der Waals surface area contributed by atoms with Gasteiger partial charge in [0, 0.05) is 16.0 Å². The van der Waals surface area contributed by atoms with Gasteiger partial charge in [0.25, 0.3) is 0 Å². The number of nitriles is 1. The van der Waals surface area contributed by atoms with Crippen molar-refractivity contribution in [3.63, 3.8) is 0 Å². The standard InChI is InChI=1S/C15H16BrN5/c1-8(2)14-20-13(18)9(3)15(21-14)19-12-5-4-10(7-17)6-11(12)16/h4-6,8H,1-3H3,(H3,18,19,20,21). The molecule has 1 aromatic heterocycles. The molecule has 0 unspecified atom stereocenters. The predicted molar refractivity (Wildman–Crippen MR) is 87.4 cm³/mol. The molecule has 6 heteroatoms.